The molecule has 1 aromatic heterocycles. The predicted molar refractivity (Wildman–Crippen MR) is 124 cm³/mol. The standard InChI is InChI=1S/C26H29N3O3/c1-18-4-9-23(26-25(18)21(15-27)16-28-26)29-11-10-20(17-29)19-5-7-22(8-6-19)30-12-2-3-24-31-13-14-32-24/h4-9,16,20,24,28H,2-3,10-14,17H2,1H3/t20-/m1/s1. The van der Waals surface area contributed by atoms with Crippen molar-refractivity contribution in [2.45, 2.75) is 38.4 Å². The van der Waals surface area contributed by atoms with Gasteiger partial charge in [-0.25, -0.2) is 0 Å². The van der Waals surface area contributed by atoms with Gasteiger partial charge in [0.05, 0.1) is 36.6 Å². The van der Waals surface area contributed by atoms with Gasteiger partial charge in [-0.1, -0.05) is 18.2 Å². The molecule has 0 spiro atoms. The highest BCUT2D eigenvalue weighted by atomic mass is 16.7. The molecule has 6 nitrogen and oxygen atoms in total. The molecule has 32 heavy (non-hydrogen) atoms. The molecule has 5 rings (SSSR count). The summed E-state index contributed by atoms with van der Waals surface area (Å²) in [7, 11) is 0. The van der Waals surface area contributed by atoms with E-state index in [9.17, 15) is 5.26 Å². The van der Waals surface area contributed by atoms with E-state index in [1.165, 1.54) is 11.3 Å². The number of nitrogens with one attached hydrogen (secondary N) is 1. The van der Waals surface area contributed by atoms with Gasteiger partial charge in [-0.3, -0.25) is 0 Å². The average molecular weight is 432 g/mol. The monoisotopic (exact) mass is 431 g/mol. The normalized spacial score (nSPS) is 19.0. The summed E-state index contributed by atoms with van der Waals surface area (Å²) in [5.41, 5.74) is 5.45. The van der Waals surface area contributed by atoms with E-state index < -0.39 is 0 Å². The zero-order valence-electron chi connectivity index (χ0n) is 18.5. The van der Waals surface area contributed by atoms with E-state index >= 15 is 0 Å². The van der Waals surface area contributed by atoms with Gasteiger partial charge in [-0.15, -0.1) is 0 Å². The van der Waals surface area contributed by atoms with Crippen LogP contribution in [0.25, 0.3) is 10.9 Å². The summed E-state index contributed by atoms with van der Waals surface area (Å²) in [6, 6.07) is 15.2. The number of ether oxygens (including phenoxy) is 3. The van der Waals surface area contributed by atoms with E-state index in [4.69, 9.17) is 14.2 Å². The minimum Gasteiger partial charge on any atom is -0.494 e. The van der Waals surface area contributed by atoms with Crippen molar-refractivity contribution in [3.05, 3.63) is 59.3 Å². The number of aromatic amines is 1. The number of hydrogen-bond donors (Lipinski definition) is 1. The molecular weight excluding hydrogens is 402 g/mol. The summed E-state index contributed by atoms with van der Waals surface area (Å²) in [5, 5.41) is 10.5. The van der Waals surface area contributed by atoms with Crippen LogP contribution in [0.15, 0.2) is 42.6 Å². The molecule has 166 valence electrons. The highest BCUT2D eigenvalue weighted by molar-refractivity contribution is 5.97. The van der Waals surface area contributed by atoms with Gasteiger partial charge < -0.3 is 24.1 Å². The molecule has 2 aliphatic heterocycles. The Hall–Kier alpha value is -3.01. The Kier molecular flexibility index (Phi) is 6.02. The minimum absolute atomic E-state index is 0.0569. The molecule has 1 atom stereocenters. The molecule has 0 saturated carbocycles. The minimum atomic E-state index is -0.0569. The topological polar surface area (TPSA) is 70.5 Å². The Bertz CT molecular complexity index is 1110. The first-order valence-electron chi connectivity index (χ1n) is 11.4. The van der Waals surface area contributed by atoms with Crippen molar-refractivity contribution in [3.63, 3.8) is 0 Å². The van der Waals surface area contributed by atoms with Gasteiger partial charge in [0, 0.05) is 37.0 Å². The van der Waals surface area contributed by atoms with Crippen LogP contribution in [-0.4, -0.2) is 44.2 Å². The van der Waals surface area contributed by atoms with Crippen LogP contribution in [0.5, 0.6) is 5.75 Å². The van der Waals surface area contributed by atoms with Crippen LogP contribution >= 0.6 is 0 Å². The van der Waals surface area contributed by atoms with Crippen molar-refractivity contribution in [2.75, 3.05) is 37.8 Å². The number of nitrogens with zero attached hydrogens (tertiary/aromatic N) is 2. The number of anilines is 1. The van der Waals surface area contributed by atoms with Crippen molar-refractivity contribution in [2.24, 2.45) is 0 Å². The lowest BCUT2D eigenvalue weighted by atomic mass is 9.98. The molecule has 2 aromatic carbocycles. The van der Waals surface area contributed by atoms with E-state index in [-0.39, 0.29) is 6.29 Å². The van der Waals surface area contributed by atoms with Crippen molar-refractivity contribution < 1.29 is 14.2 Å². The number of rotatable bonds is 7. The molecule has 3 aromatic rings. The number of H-pyrrole nitrogens is 1. The van der Waals surface area contributed by atoms with Crippen LogP contribution in [0.3, 0.4) is 0 Å². The molecule has 0 radical (unpaired) electrons. The van der Waals surface area contributed by atoms with Crippen LogP contribution in [0.2, 0.25) is 0 Å². The maximum Gasteiger partial charge on any atom is 0.157 e. The Morgan fingerprint density at radius 1 is 1.16 bits per heavy atom. The molecule has 0 aliphatic carbocycles. The van der Waals surface area contributed by atoms with Crippen LogP contribution in [-0.2, 0) is 9.47 Å². The fourth-order valence-corrected chi connectivity index (χ4v) is 4.86. The maximum absolute atomic E-state index is 9.43. The molecule has 0 unspecified atom stereocenters. The van der Waals surface area contributed by atoms with Crippen molar-refractivity contribution >= 4 is 16.6 Å². The third kappa shape index (κ3) is 4.19. The number of hydrogen-bond acceptors (Lipinski definition) is 5. The largest absolute Gasteiger partial charge is 0.494 e. The molecular formula is C26H29N3O3. The lowest BCUT2D eigenvalue weighted by molar-refractivity contribution is -0.0492. The zero-order valence-corrected chi connectivity index (χ0v) is 18.5. The lowest BCUT2D eigenvalue weighted by Crippen LogP contribution is -2.19. The Balaban J connectivity index is 1.19. The van der Waals surface area contributed by atoms with Crippen LogP contribution < -0.4 is 9.64 Å². The summed E-state index contributed by atoms with van der Waals surface area (Å²) in [5.74, 6) is 1.40. The molecule has 2 saturated heterocycles. The Morgan fingerprint density at radius 2 is 1.97 bits per heavy atom. The molecule has 1 N–H and O–H groups in total. The second-order valence-electron chi connectivity index (χ2n) is 8.63. The summed E-state index contributed by atoms with van der Waals surface area (Å²) in [4.78, 5) is 5.77. The second-order valence-corrected chi connectivity index (χ2v) is 8.63. The van der Waals surface area contributed by atoms with E-state index in [0.717, 1.165) is 54.6 Å². The van der Waals surface area contributed by atoms with Crippen LogP contribution in [0.1, 0.15) is 41.9 Å². The van der Waals surface area contributed by atoms with Gasteiger partial charge >= 0.3 is 0 Å². The fourth-order valence-electron chi connectivity index (χ4n) is 4.86. The number of benzene rings is 2. The maximum atomic E-state index is 9.43. The first kappa shape index (κ1) is 20.9. The van der Waals surface area contributed by atoms with E-state index in [1.54, 1.807) is 0 Å². The summed E-state index contributed by atoms with van der Waals surface area (Å²) in [6.07, 6.45) is 4.67. The smallest absolute Gasteiger partial charge is 0.157 e. The first-order valence-corrected chi connectivity index (χ1v) is 11.4. The third-order valence-corrected chi connectivity index (χ3v) is 6.57. The van der Waals surface area contributed by atoms with Crippen LogP contribution in [0, 0.1) is 18.3 Å². The quantitative estimate of drug-likeness (QED) is 0.540. The van der Waals surface area contributed by atoms with E-state index in [1.807, 2.05) is 6.20 Å². The SMILES string of the molecule is Cc1ccc(N2CC[C@@H](c3ccc(OCCCC4OCCO4)cc3)C2)c2[nH]cc(C#N)c12. The van der Waals surface area contributed by atoms with E-state index in [2.05, 4.69) is 59.3 Å². The lowest BCUT2D eigenvalue weighted by Gasteiger charge is -2.20. The summed E-state index contributed by atoms with van der Waals surface area (Å²) < 4.78 is 16.8. The summed E-state index contributed by atoms with van der Waals surface area (Å²) >= 11 is 0. The van der Waals surface area contributed by atoms with Crippen molar-refractivity contribution in [1.82, 2.24) is 4.98 Å². The average Bonchev–Trinajstić information content (AvgIpc) is 3.58. The first-order chi connectivity index (χ1) is 15.7. The highest BCUT2D eigenvalue weighted by Crippen LogP contribution is 2.36. The number of fused-ring (bicyclic) bond motifs is 1. The Labute approximate surface area is 188 Å². The van der Waals surface area contributed by atoms with Gasteiger partial charge in [0.1, 0.15) is 11.8 Å². The molecule has 2 aliphatic rings. The third-order valence-electron chi connectivity index (χ3n) is 6.57. The predicted octanol–water partition coefficient (Wildman–Crippen LogP) is 4.87. The molecule has 3 heterocycles. The van der Waals surface area contributed by atoms with Gasteiger partial charge in [0.2, 0.25) is 0 Å². The van der Waals surface area contributed by atoms with Crippen LogP contribution in [0.4, 0.5) is 5.69 Å². The fraction of sp³-hybridized carbons (Fsp3) is 0.423. The molecule has 2 fully saturated rings. The van der Waals surface area contributed by atoms with E-state index in [0.29, 0.717) is 31.3 Å². The van der Waals surface area contributed by atoms with Gasteiger partial charge in [-0.05, 0) is 49.1 Å². The van der Waals surface area contributed by atoms with Gasteiger partial charge in [0.15, 0.2) is 6.29 Å². The number of aryl methyl sites for hydroxylation is 1. The summed E-state index contributed by atoms with van der Waals surface area (Å²) in [6.45, 7) is 6.12. The molecule has 0 amide bonds. The molecule has 0 bridgehead atoms. The highest BCUT2D eigenvalue weighted by Gasteiger charge is 2.26. The number of aromatic nitrogens is 1. The molecule has 6 heteroatoms. The van der Waals surface area contributed by atoms with Crippen molar-refractivity contribution in [3.8, 4) is 11.8 Å². The zero-order chi connectivity index (χ0) is 21.9. The Morgan fingerprint density at radius 3 is 2.75 bits per heavy atom. The number of nitriles is 1. The second kappa shape index (κ2) is 9.23. The van der Waals surface area contributed by atoms with Gasteiger partial charge in [-0.2, -0.15) is 5.26 Å². The van der Waals surface area contributed by atoms with Crippen molar-refractivity contribution in [1.29, 1.82) is 5.26 Å². The van der Waals surface area contributed by atoms with Gasteiger partial charge in [0.25, 0.3) is 0 Å².